The third-order valence-corrected chi connectivity index (χ3v) is 4.96. The second-order valence-electron chi connectivity index (χ2n) is 5.99. The first-order valence-corrected chi connectivity index (χ1v) is 8.22. The Labute approximate surface area is 141 Å². The van der Waals surface area contributed by atoms with Gasteiger partial charge in [-0.05, 0) is 43.7 Å². The van der Waals surface area contributed by atoms with Crippen molar-refractivity contribution in [3.63, 3.8) is 0 Å². The summed E-state index contributed by atoms with van der Waals surface area (Å²) in [6, 6.07) is 11.8. The Morgan fingerprint density at radius 3 is 2.78 bits per heavy atom. The fourth-order valence-electron chi connectivity index (χ4n) is 3.16. The summed E-state index contributed by atoms with van der Waals surface area (Å²) in [6.07, 6.45) is 1.89. The number of nitrogens with one attached hydrogen (secondary N) is 2. The zero-order valence-corrected chi connectivity index (χ0v) is 14.4. The highest BCUT2D eigenvalue weighted by Crippen LogP contribution is 2.39. The minimum atomic E-state index is -1.24. The second-order valence-corrected chi connectivity index (χ2v) is 6.85. The van der Waals surface area contributed by atoms with Gasteiger partial charge in [0.1, 0.15) is 11.4 Å². The van der Waals surface area contributed by atoms with Crippen molar-refractivity contribution in [2.75, 3.05) is 0 Å². The molecule has 0 aliphatic heterocycles. The summed E-state index contributed by atoms with van der Waals surface area (Å²) in [5.74, 6) is 0.533. The number of hydrogen-bond donors (Lipinski definition) is 3. The Balaban J connectivity index is 2.00. The molecule has 5 heteroatoms. The van der Waals surface area contributed by atoms with Gasteiger partial charge in [-0.25, -0.2) is 4.98 Å². The van der Waals surface area contributed by atoms with Gasteiger partial charge in [-0.15, -0.1) is 0 Å². The van der Waals surface area contributed by atoms with Crippen LogP contribution in [0.3, 0.4) is 0 Å². The van der Waals surface area contributed by atoms with E-state index in [9.17, 15) is 5.11 Å². The number of benzene rings is 2. The molecular formula is C18H16BrN3O. The van der Waals surface area contributed by atoms with E-state index in [-0.39, 0.29) is 0 Å². The topological polar surface area (TPSA) is 64.7 Å². The van der Waals surface area contributed by atoms with E-state index in [2.05, 4.69) is 30.9 Å². The molecule has 4 aromatic rings. The standard InChI is InChI=1S/C18H16BrN3O/c1-10-9-12(19)15(11-7-8-20-16(10)11)18(2,23)17-21-13-5-3-4-6-14(13)22-17/h3-9,20,23H,1-2H3,(H,21,22). The molecule has 0 aliphatic carbocycles. The number of aromatic nitrogens is 3. The molecule has 0 fully saturated rings. The minimum absolute atomic E-state index is 0.533. The molecule has 1 atom stereocenters. The van der Waals surface area contributed by atoms with Crippen molar-refractivity contribution in [2.24, 2.45) is 0 Å². The summed E-state index contributed by atoms with van der Waals surface area (Å²) >= 11 is 3.61. The first-order chi connectivity index (χ1) is 11.0. The number of aryl methyl sites for hydroxylation is 1. The lowest BCUT2D eigenvalue weighted by atomic mass is 9.91. The van der Waals surface area contributed by atoms with Gasteiger partial charge in [-0.2, -0.15) is 0 Å². The molecule has 0 bridgehead atoms. The quantitative estimate of drug-likeness (QED) is 0.491. The van der Waals surface area contributed by atoms with Crippen molar-refractivity contribution in [1.82, 2.24) is 15.0 Å². The second kappa shape index (κ2) is 4.94. The van der Waals surface area contributed by atoms with Crippen molar-refractivity contribution in [3.05, 3.63) is 64.0 Å². The Bertz CT molecular complexity index is 996. The van der Waals surface area contributed by atoms with Crippen molar-refractivity contribution < 1.29 is 5.11 Å². The molecule has 1 unspecified atom stereocenters. The van der Waals surface area contributed by atoms with Gasteiger partial charge in [0.05, 0.1) is 11.0 Å². The lowest BCUT2D eigenvalue weighted by Crippen LogP contribution is -2.25. The van der Waals surface area contributed by atoms with Crippen LogP contribution in [0.4, 0.5) is 0 Å². The zero-order valence-electron chi connectivity index (χ0n) is 12.8. The highest BCUT2D eigenvalue weighted by molar-refractivity contribution is 9.10. The molecular weight excluding hydrogens is 354 g/mol. The lowest BCUT2D eigenvalue weighted by molar-refractivity contribution is 0.0943. The molecule has 0 amide bonds. The van der Waals surface area contributed by atoms with Crippen molar-refractivity contribution in [1.29, 1.82) is 0 Å². The lowest BCUT2D eigenvalue weighted by Gasteiger charge is -2.24. The van der Waals surface area contributed by atoms with Gasteiger partial charge in [0, 0.05) is 27.1 Å². The first kappa shape index (κ1) is 14.5. The summed E-state index contributed by atoms with van der Waals surface area (Å²) < 4.78 is 0.868. The fraction of sp³-hybridized carbons (Fsp3) is 0.167. The first-order valence-electron chi connectivity index (χ1n) is 7.43. The summed E-state index contributed by atoms with van der Waals surface area (Å²) in [6.45, 7) is 3.82. The fourth-order valence-corrected chi connectivity index (χ4v) is 4.11. The van der Waals surface area contributed by atoms with Gasteiger partial charge in [0.2, 0.25) is 0 Å². The maximum absolute atomic E-state index is 11.3. The molecule has 0 aliphatic rings. The van der Waals surface area contributed by atoms with Gasteiger partial charge in [0.15, 0.2) is 0 Å². The molecule has 2 heterocycles. The van der Waals surface area contributed by atoms with Crippen LogP contribution in [0.2, 0.25) is 0 Å². The van der Waals surface area contributed by atoms with Gasteiger partial charge in [-0.3, -0.25) is 0 Å². The number of aromatic amines is 2. The number of nitrogens with zero attached hydrogens (tertiary/aromatic N) is 1. The number of aliphatic hydroxyl groups is 1. The highest BCUT2D eigenvalue weighted by atomic mass is 79.9. The van der Waals surface area contributed by atoms with Crippen LogP contribution in [0.15, 0.2) is 47.1 Å². The number of imidazole rings is 1. The van der Waals surface area contributed by atoms with Crippen LogP contribution in [0, 0.1) is 6.92 Å². The van der Waals surface area contributed by atoms with E-state index in [1.807, 2.05) is 49.5 Å². The van der Waals surface area contributed by atoms with Crippen LogP contribution >= 0.6 is 15.9 Å². The van der Waals surface area contributed by atoms with Crippen LogP contribution in [0.1, 0.15) is 23.9 Å². The molecule has 2 aromatic carbocycles. The molecule has 116 valence electrons. The third-order valence-electron chi connectivity index (χ3n) is 4.33. The van der Waals surface area contributed by atoms with E-state index >= 15 is 0 Å². The van der Waals surface area contributed by atoms with E-state index in [1.54, 1.807) is 6.92 Å². The Kier molecular flexibility index (Phi) is 3.11. The summed E-state index contributed by atoms with van der Waals surface area (Å²) in [4.78, 5) is 11.1. The summed E-state index contributed by atoms with van der Waals surface area (Å²) in [5.41, 5.74) is 3.47. The highest BCUT2D eigenvalue weighted by Gasteiger charge is 2.33. The molecule has 3 N–H and O–H groups in total. The van der Waals surface area contributed by atoms with E-state index in [0.717, 1.165) is 37.5 Å². The van der Waals surface area contributed by atoms with Crippen LogP contribution in [-0.2, 0) is 5.60 Å². The Morgan fingerprint density at radius 2 is 2.00 bits per heavy atom. The number of rotatable bonds is 2. The molecule has 4 rings (SSSR count). The largest absolute Gasteiger partial charge is 0.377 e. The number of fused-ring (bicyclic) bond motifs is 2. The maximum Gasteiger partial charge on any atom is 0.146 e. The van der Waals surface area contributed by atoms with E-state index in [4.69, 9.17) is 0 Å². The van der Waals surface area contributed by atoms with E-state index in [0.29, 0.717) is 5.82 Å². The summed E-state index contributed by atoms with van der Waals surface area (Å²) in [7, 11) is 0. The summed E-state index contributed by atoms with van der Waals surface area (Å²) in [5, 5.41) is 12.3. The SMILES string of the molecule is Cc1cc(Br)c(C(C)(O)c2nc3ccccc3[nH]2)c2cc[nH]c12. The minimum Gasteiger partial charge on any atom is -0.377 e. The van der Waals surface area contributed by atoms with E-state index in [1.165, 1.54) is 0 Å². The molecule has 0 radical (unpaired) electrons. The Hall–Kier alpha value is -2.11. The Morgan fingerprint density at radius 1 is 1.22 bits per heavy atom. The van der Waals surface area contributed by atoms with Gasteiger partial charge >= 0.3 is 0 Å². The number of para-hydroxylation sites is 2. The van der Waals surface area contributed by atoms with Crippen LogP contribution in [-0.4, -0.2) is 20.1 Å². The zero-order chi connectivity index (χ0) is 16.2. The van der Waals surface area contributed by atoms with E-state index < -0.39 is 5.60 Å². The monoisotopic (exact) mass is 369 g/mol. The molecule has 0 spiro atoms. The normalized spacial score (nSPS) is 14.4. The maximum atomic E-state index is 11.3. The number of H-pyrrole nitrogens is 2. The number of hydrogen-bond acceptors (Lipinski definition) is 2. The van der Waals surface area contributed by atoms with Crippen LogP contribution in [0.5, 0.6) is 0 Å². The van der Waals surface area contributed by atoms with Crippen LogP contribution < -0.4 is 0 Å². The number of halogens is 1. The molecule has 4 nitrogen and oxygen atoms in total. The smallest absolute Gasteiger partial charge is 0.146 e. The predicted molar refractivity (Wildman–Crippen MR) is 95.5 cm³/mol. The van der Waals surface area contributed by atoms with Crippen LogP contribution in [0.25, 0.3) is 21.9 Å². The van der Waals surface area contributed by atoms with Crippen molar-refractivity contribution in [3.8, 4) is 0 Å². The molecule has 23 heavy (non-hydrogen) atoms. The average Bonchev–Trinajstić information content (AvgIpc) is 3.13. The average molecular weight is 370 g/mol. The van der Waals surface area contributed by atoms with Gasteiger partial charge < -0.3 is 15.1 Å². The third kappa shape index (κ3) is 2.11. The predicted octanol–water partition coefficient (Wildman–Crippen LogP) is 4.37. The van der Waals surface area contributed by atoms with Crippen molar-refractivity contribution in [2.45, 2.75) is 19.4 Å². The molecule has 0 saturated carbocycles. The van der Waals surface area contributed by atoms with Crippen molar-refractivity contribution >= 4 is 37.9 Å². The van der Waals surface area contributed by atoms with Gasteiger partial charge in [-0.1, -0.05) is 28.1 Å². The van der Waals surface area contributed by atoms with Gasteiger partial charge in [0.25, 0.3) is 0 Å². The molecule has 0 saturated heterocycles. The molecule has 2 aromatic heterocycles.